The lowest BCUT2D eigenvalue weighted by Crippen LogP contribution is -2.44. The fraction of sp³-hybridized carbons (Fsp3) is 0.643. The highest BCUT2D eigenvalue weighted by Gasteiger charge is 2.31. The summed E-state index contributed by atoms with van der Waals surface area (Å²) in [5.41, 5.74) is -0.984. The molecule has 0 aliphatic heterocycles. The van der Waals surface area contributed by atoms with Gasteiger partial charge in [-0.3, -0.25) is 4.79 Å². The van der Waals surface area contributed by atoms with E-state index in [-0.39, 0.29) is 12.2 Å². The largest absolute Gasteiger partial charge is 0.406 e. The van der Waals surface area contributed by atoms with Crippen LogP contribution in [0.3, 0.4) is 0 Å². The number of halogens is 3. The minimum Gasteiger partial charge on any atom is -0.388 e. The van der Waals surface area contributed by atoms with Crippen LogP contribution in [0.15, 0.2) is 18.3 Å². The molecule has 0 radical (unpaired) electrons. The molecule has 1 amide bonds. The van der Waals surface area contributed by atoms with Crippen LogP contribution in [0, 0.1) is 0 Å². The summed E-state index contributed by atoms with van der Waals surface area (Å²) >= 11 is 0. The third kappa shape index (κ3) is 4.49. The Morgan fingerprint density at radius 2 is 2.00 bits per heavy atom. The van der Waals surface area contributed by atoms with E-state index in [9.17, 15) is 23.1 Å². The van der Waals surface area contributed by atoms with Crippen molar-refractivity contribution in [2.45, 2.75) is 50.4 Å². The van der Waals surface area contributed by atoms with E-state index in [1.165, 1.54) is 18.3 Å². The van der Waals surface area contributed by atoms with Gasteiger partial charge in [-0.25, -0.2) is 0 Å². The molecule has 1 aliphatic rings. The Balaban J connectivity index is 1.96. The number of amides is 1. The van der Waals surface area contributed by atoms with Crippen molar-refractivity contribution in [3.05, 3.63) is 24.0 Å². The van der Waals surface area contributed by atoms with Crippen molar-refractivity contribution in [3.63, 3.8) is 0 Å². The fourth-order valence-electron chi connectivity index (χ4n) is 2.67. The Labute approximate surface area is 120 Å². The number of aromatic nitrogens is 1. The van der Waals surface area contributed by atoms with Crippen molar-refractivity contribution < 1.29 is 23.1 Å². The summed E-state index contributed by atoms with van der Waals surface area (Å²) in [5, 5.41) is 12.8. The van der Waals surface area contributed by atoms with Crippen LogP contribution in [-0.2, 0) is 6.54 Å². The lowest BCUT2D eigenvalue weighted by Gasteiger charge is -2.32. The van der Waals surface area contributed by atoms with Gasteiger partial charge in [0.1, 0.15) is 12.2 Å². The highest BCUT2D eigenvalue weighted by Crippen LogP contribution is 2.27. The number of nitrogens with one attached hydrogen (secondary N) is 1. The predicted molar refractivity (Wildman–Crippen MR) is 70.9 cm³/mol. The van der Waals surface area contributed by atoms with Crippen LogP contribution in [0.4, 0.5) is 13.2 Å². The van der Waals surface area contributed by atoms with Crippen LogP contribution in [-0.4, -0.2) is 33.9 Å². The molecule has 1 aliphatic carbocycles. The minimum absolute atomic E-state index is 0.0493. The van der Waals surface area contributed by atoms with E-state index in [4.69, 9.17) is 0 Å². The van der Waals surface area contributed by atoms with Crippen molar-refractivity contribution in [1.29, 1.82) is 0 Å². The lowest BCUT2D eigenvalue weighted by molar-refractivity contribution is -0.140. The maximum Gasteiger partial charge on any atom is 0.406 e. The zero-order valence-corrected chi connectivity index (χ0v) is 11.6. The zero-order valence-electron chi connectivity index (χ0n) is 11.6. The van der Waals surface area contributed by atoms with Crippen LogP contribution in [0.5, 0.6) is 0 Å². The van der Waals surface area contributed by atoms with E-state index in [1.54, 1.807) is 0 Å². The van der Waals surface area contributed by atoms with E-state index < -0.39 is 24.2 Å². The van der Waals surface area contributed by atoms with E-state index in [0.717, 1.165) is 23.8 Å². The lowest BCUT2D eigenvalue weighted by atomic mass is 9.85. The SMILES string of the molecule is O=C(NCC1(O)CCCCC1)c1cccn1CC(F)(F)F. The average Bonchev–Trinajstić information content (AvgIpc) is 2.83. The van der Waals surface area contributed by atoms with Gasteiger partial charge < -0.3 is 15.0 Å². The quantitative estimate of drug-likeness (QED) is 0.898. The van der Waals surface area contributed by atoms with Gasteiger partial charge in [-0.05, 0) is 25.0 Å². The Morgan fingerprint density at radius 1 is 1.33 bits per heavy atom. The molecule has 0 saturated heterocycles. The molecule has 2 rings (SSSR count). The normalized spacial score (nSPS) is 18.5. The Morgan fingerprint density at radius 3 is 2.62 bits per heavy atom. The van der Waals surface area contributed by atoms with Crippen molar-refractivity contribution in [1.82, 2.24) is 9.88 Å². The smallest absolute Gasteiger partial charge is 0.388 e. The summed E-state index contributed by atoms with van der Waals surface area (Å²) in [4.78, 5) is 12.0. The third-order valence-electron chi connectivity index (χ3n) is 3.77. The highest BCUT2D eigenvalue weighted by atomic mass is 19.4. The van der Waals surface area contributed by atoms with Gasteiger partial charge in [0, 0.05) is 12.7 Å². The maximum absolute atomic E-state index is 12.4. The fourth-order valence-corrected chi connectivity index (χ4v) is 2.67. The Hall–Kier alpha value is -1.50. The number of hydrogen-bond donors (Lipinski definition) is 2. The summed E-state index contributed by atoms with van der Waals surface area (Å²) < 4.78 is 38.1. The van der Waals surface area contributed by atoms with Crippen LogP contribution >= 0.6 is 0 Å². The maximum atomic E-state index is 12.4. The van der Waals surface area contributed by atoms with Crippen molar-refractivity contribution in [2.24, 2.45) is 0 Å². The molecule has 2 N–H and O–H groups in total. The van der Waals surface area contributed by atoms with Gasteiger partial charge in [0.25, 0.3) is 5.91 Å². The van der Waals surface area contributed by atoms with Gasteiger partial charge in [0.2, 0.25) is 0 Å². The van der Waals surface area contributed by atoms with Crippen LogP contribution in [0.1, 0.15) is 42.6 Å². The van der Waals surface area contributed by atoms with E-state index in [2.05, 4.69) is 5.32 Å². The topological polar surface area (TPSA) is 54.3 Å². The number of nitrogens with zero attached hydrogens (tertiary/aromatic N) is 1. The summed E-state index contributed by atoms with van der Waals surface area (Å²) in [5.74, 6) is -0.594. The highest BCUT2D eigenvalue weighted by molar-refractivity contribution is 5.92. The average molecular weight is 304 g/mol. The molecule has 1 fully saturated rings. The molecule has 4 nitrogen and oxygen atoms in total. The molecule has 1 heterocycles. The number of alkyl halides is 3. The minimum atomic E-state index is -4.38. The number of rotatable bonds is 4. The molecule has 1 aromatic rings. The summed E-state index contributed by atoms with van der Waals surface area (Å²) in [6.07, 6.45) is 0.916. The summed E-state index contributed by atoms with van der Waals surface area (Å²) in [6.45, 7) is -1.13. The Bertz CT molecular complexity index is 491. The second-order valence-corrected chi connectivity index (χ2v) is 5.60. The van der Waals surface area contributed by atoms with Crippen LogP contribution in [0.25, 0.3) is 0 Å². The standard InChI is InChI=1S/C14H19F3N2O2/c15-14(16,17)10-19-8-4-5-11(19)12(20)18-9-13(21)6-2-1-3-7-13/h4-5,8,21H,1-3,6-7,9-10H2,(H,18,20). The molecule has 0 aromatic carbocycles. The van der Waals surface area contributed by atoms with Crippen molar-refractivity contribution in [2.75, 3.05) is 6.54 Å². The molecular weight excluding hydrogens is 285 g/mol. The first-order valence-corrected chi connectivity index (χ1v) is 7.02. The van der Waals surface area contributed by atoms with Crippen LogP contribution in [0.2, 0.25) is 0 Å². The first kappa shape index (κ1) is 15.9. The number of hydrogen-bond acceptors (Lipinski definition) is 2. The van der Waals surface area contributed by atoms with Crippen LogP contribution < -0.4 is 5.32 Å². The van der Waals surface area contributed by atoms with E-state index in [1.807, 2.05) is 0 Å². The molecule has 0 bridgehead atoms. The van der Waals surface area contributed by atoms with Crippen molar-refractivity contribution >= 4 is 5.91 Å². The van der Waals surface area contributed by atoms with Gasteiger partial charge in [-0.2, -0.15) is 13.2 Å². The zero-order chi connectivity index (χ0) is 15.5. The number of carbonyl (C=O) groups is 1. The summed E-state index contributed by atoms with van der Waals surface area (Å²) in [7, 11) is 0. The van der Waals surface area contributed by atoms with Gasteiger partial charge >= 0.3 is 6.18 Å². The van der Waals surface area contributed by atoms with Crippen molar-refractivity contribution in [3.8, 4) is 0 Å². The molecule has 0 spiro atoms. The molecule has 1 aromatic heterocycles. The van der Waals surface area contributed by atoms with Gasteiger partial charge in [-0.15, -0.1) is 0 Å². The molecular formula is C14H19F3N2O2. The Kier molecular flexibility index (Phi) is 4.61. The molecule has 0 atom stereocenters. The second-order valence-electron chi connectivity index (χ2n) is 5.60. The van der Waals surface area contributed by atoms with E-state index >= 15 is 0 Å². The number of carbonyl (C=O) groups excluding carboxylic acids is 1. The van der Waals surface area contributed by atoms with E-state index in [0.29, 0.717) is 12.8 Å². The molecule has 21 heavy (non-hydrogen) atoms. The second kappa shape index (κ2) is 6.09. The molecule has 7 heteroatoms. The molecule has 1 saturated carbocycles. The monoisotopic (exact) mass is 304 g/mol. The molecule has 0 unspecified atom stereocenters. The van der Waals surface area contributed by atoms with Gasteiger partial charge in [0.05, 0.1) is 5.60 Å². The summed E-state index contributed by atoms with van der Waals surface area (Å²) in [6, 6.07) is 2.74. The third-order valence-corrected chi connectivity index (χ3v) is 3.77. The van der Waals surface area contributed by atoms with Gasteiger partial charge in [-0.1, -0.05) is 19.3 Å². The van der Waals surface area contributed by atoms with Gasteiger partial charge in [0.15, 0.2) is 0 Å². The number of aliphatic hydroxyl groups is 1. The first-order valence-electron chi connectivity index (χ1n) is 7.02. The predicted octanol–water partition coefficient (Wildman–Crippen LogP) is 2.48. The first-order chi connectivity index (χ1) is 9.79. The molecule has 118 valence electrons.